The number of benzene rings is 2. The Bertz CT molecular complexity index is 748. The molecule has 2 N–H and O–H groups in total. The van der Waals surface area contributed by atoms with E-state index in [9.17, 15) is 0 Å². The summed E-state index contributed by atoms with van der Waals surface area (Å²) in [4.78, 5) is 4.34. The summed E-state index contributed by atoms with van der Waals surface area (Å²) in [7, 11) is 0. The van der Waals surface area contributed by atoms with Crippen LogP contribution in [0.2, 0.25) is 0 Å². The molecule has 0 aliphatic heterocycles. The van der Waals surface area contributed by atoms with Gasteiger partial charge < -0.3 is 10.5 Å². The molecule has 0 spiro atoms. The second-order valence-electron chi connectivity index (χ2n) is 4.73. The molecule has 3 rings (SSSR count). The first-order chi connectivity index (χ1) is 9.78. The largest absolute Gasteiger partial charge is 0.456 e. The summed E-state index contributed by atoms with van der Waals surface area (Å²) < 4.78 is 6.07. The van der Waals surface area contributed by atoms with Crippen molar-refractivity contribution >= 4 is 10.9 Å². The minimum Gasteiger partial charge on any atom is -0.456 e. The van der Waals surface area contributed by atoms with Crippen LogP contribution < -0.4 is 10.5 Å². The predicted molar refractivity (Wildman–Crippen MR) is 80.9 cm³/mol. The molecule has 1 heterocycles. The highest BCUT2D eigenvalue weighted by Gasteiger charge is 2.06. The van der Waals surface area contributed by atoms with Crippen LogP contribution in [0.1, 0.15) is 11.1 Å². The van der Waals surface area contributed by atoms with E-state index in [1.807, 2.05) is 55.5 Å². The summed E-state index contributed by atoms with van der Waals surface area (Å²) >= 11 is 0. The Balaban J connectivity index is 2.05. The summed E-state index contributed by atoms with van der Waals surface area (Å²) in [5, 5.41) is 1.01. The standard InChI is InChI=1S/C17H16N2O/c1-12-7-8-13(11-18)10-17(12)20-16-6-2-5-15-14(16)4-3-9-19-15/h2-10H,11,18H2,1H3. The van der Waals surface area contributed by atoms with Crippen LogP contribution in [0.3, 0.4) is 0 Å². The fourth-order valence-corrected chi connectivity index (χ4v) is 2.16. The number of rotatable bonds is 3. The van der Waals surface area contributed by atoms with Crippen LogP contribution in [-0.2, 0) is 6.54 Å². The first kappa shape index (κ1) is 12.6. The predicted octanol–water partition coefficient (Wildman–Crippen LogP) is 3.79. The first-order valence-corrected chi connectivity index (χ1v) is 6.59. The molecule has 0 saturated heterocycles. The van der Waals surface area contributed by atoms with E-state index in [0.29, 0.717) is 6.54 Å². The lowest BCUT2D eigenvalue weighted by molar-refractivity contribution is 0.483. The van der Waals surface area contributed by atoms with E-state index < -0.39 is 0 Å². The Kier molecular flexibility index (Phi) is 3.35. The minimum absolute atomic E-state index is 0.508. The average Bonchev–Trinajstić information content (AvgIpc) is 2.50. The van der Waals surface area contributed by atoms with Gasteiger partial charge in [-0.1, -0.05) is 18.2 Å². The molecule has 0 radical (unpaired) electrons. The van der Waals surface area contributed by atoms with Gasteiger partial charge in [-0.2, -0.15) is 0 Å². The number of aromatic nitrogens is 1. The van der Waals surface area contributed by atoms with E-state index in [1.54, 1.807) is 6.20 Å². The monoisotopic (exact) mass is 264 g/mol. The van der Waals surface area contributed by atoms with Crippen molar-refractivity contribution in [3.63, 3.8) is 0 Å². The molecule has 100 valence electrons. The average molecular weight is 264 g/mol. The Labute approximate surface area is 118 Å². The lowest BCUT2D eigenvalue weighted by atomic mass is 10.1. The van der Waals surface area contributed by atoms with Crippen LogP contribution in [0.4, 0.5) is 0 Å². The van der Waals surface area contributed by atoms with E-state index >= 15 is 0 Å². The number of hydrogen-bond donors (Lipinski definition) is 1. The quantitative estimate of drug-likeness (QED) is 0.782. The smallest absolute Gasteiger partial charge is 0.136 e. The van der Waals surface area contributed by atoms with Gasteiger partial charge in [0.1, 0.15) is 11.5 Å². The maximum Gasteiger partial charge on any atom is 0.136 e. The second-order valence-corrected chi connectivity index (χ2v) is 4.73. The topological polar surface area (TPSA) is 48.1 Å². The minimum atomic E-state index is 0.508. The molecule has 20 heavy (non-hydrogen) atoms. The van der Waals surface area contributed by atoms with Crippen molar-refractivity contribution in [1.29, 1.82) is 0 Å². The van der Waals surface area contributed by atoms with Crippen molar-refractivity contribution < 1.29 is 4.74 Å². The van der Waals surface area contributed by atoms with Gasteiger partial charge in [-0.3, -0.25) is 4.98 Å². The Hall–Kier alpha value is -2.39. The summed E-state index contributed by atoms with van der Waals surface area (Å²) in [6.45, 7) is 2.53. The Morgan fingerprint density at radius 1 is 1.05 bits per heavy atom. The van der Waals surface area contributed by atoms with Gasteiger partial charge in [0.05, 0.1) is 5.52 Å². The molecule has 0 saturated carbocycles. The third-order valence-corrected chi connectivity index (χ3v) is 3.31. The third kappa shape index (κ3) is 2.36. The van der Waals surface area contributed by atoms with E-state index in [0.717, 1.165) is 33.5 Å². The van der Waals surface area contributed by atoms with E-state index in [2.05, 4.69) is 4.98 Å². The van der Waals surface area contributed by atoms with Crippen LogP contribution >= 0.6 is 0 Å². The van der Waals surface area contributed by atoms with Crippen molar-refractivity contribution in [2.75, 3.05) is 0 Å². The number of pyridine rings is 1. The molecule has 3 heteroatoms. The maximum atomic E-state index is 6.07. The number of fused-ring (bicyclic) bond motifs is 1. The number of nitrogens with zero attached hydrogens (tertiary/aromatic N) is 1. The molecule has 0 aliphatic rings. The van der Waals surface area contributed by atoms with Crippen LogP contribution in [0.25, 0.3) is 10.9 Å². The highest BCUT2D eigenvalue weighted by molar-refractivity contribution is 5.85. The molecule has 2 aromatic carbocycles. The molecule has 0 aliphatic carbocycles. The highest BCUT2D eigenvalue weighted by Crippen LogP contribution is 2.31. The third-order valence-electron chi connectivity index (χ3n) is 3.31. The van der Waals surface area contributed by atoms with Crippen LogP contribution in [0.15, 0.2) is 54.7 Å². The summed E-state index contributed by atoms with van der Waals surface area (Å²) in [5.41, 5.74) is 8.76. The SMILES string of the molecule is Cc1ccc(CN)cc1Oc1cccc2ncccc12. The zero-order chi connectivity index (χ0) is 13.9. The van der Waals surface area contributed by atoms with Gasteiger partial charge in [0.2, 0.25) is 0 Å². The Morgan fingerprint density at radius 3 is 2.80 bits per heavy atom. The van der Waals surface area contributed by atoms with E-state index in [1.165, 1.54) is 0 Å². The zero-order valence-corrected chi connectivity index (χ0v) is 11.3. The Morgan fingerprint density at radius 2 is 1.95 bits per heavy atom. The van der Waals surface area contributed by atoms with Gasteiger partial charge in [-0.05, 0) is 48.4 Å². The summed E-state index contributed by atoms with van der Waals surface area (Å²) in [6, 6.07) is 15.9. The normalized spacial score (nSPS) is 10.7. The number of nitrogens with two attached hydrogens (primary N) is 1. The van der Waals surface area contributed by atoms with Gasteiger partial charge in [-0.25, -0.2) is 0 Å². The first-order valence-electron chi connectivity index (χ1n) is 6.59. The van der Waals surface area contributed by atoms with Gasteiger partial charge in [0.15, 0.2) is 0 Å². The molecule has 0 amide bonds. The van der Waals surface area contributed by atoms with Gasteiger partial charge in [0.25, 0.3) is 0 Å². The molecule has 0 fully saturated rings. The van der Waals surface area contributed by atoms with Crippen molar-refractivity contribution in [1.82, 2.24) is 4.98 Å². The summed E-state index contributed by atoms with van der Waals surface area (Å²) in [5.74, 6) is 1.65. The molecule has 3 nitrogen and oxygen atoms in total. The van der Waals surface area contributed by atoms with Gasteiger partial charge in [-0.15, -0.1) is 0 Å². The van der Waals surface area contributed by atoms with Crippen molar-refractivity contribution in [2.45, 2.75) is 13.5 Å². The van der Waals surface area contributed by atoms with Gasteiger partial charge >= 0.3 is 0 Å². The highest BCUT2D eigenvalue weighted by atomic mass is 16.5. The zero-order valence-electron chi connectivity index (χ0n) is 11.3. The molecular formula is C17H16N2O. The maximum absolute atomic E-state index is 6.07. The lowest BCUT2D eigenvalue weighted by Crippen LogP contribution is -1.97. The molecular weight excluding hydrogens is 248 g/mol. The van der Waals surface area contributed by atoms with Gasteiger partial charge in [0, 0.05) is 18.1 Å². The van der Waals surface area contributed by atoms with E-state index in [-0.39, 0.29) is 0 Å². The fourth-order valence-electron chi connectivity index (χ4n) is 2.16. The molecule has 0 unspecified atom stereocenters. The second kappa shape index (κ2) is 5.31. The molecule has 3 aromatic rings. The molecule has 0 bridgehead atoms. The molecule has 0 atom stereocenters. The fraction of sp³-hybridized carbons (Fsp3) is 0.118. The summed E-state index contributed by atoms with van der Waals surface area (Å²) in [6.07, 6.45) is 1.78. The number of aryl methyl sites for hydroxylation is 1. The van der Waals surface area contributed by atoms with Crippen molar-refractivity contribution in [3.8, 4) is 11.5 Å². The lowest BCUT2D eigenvalue weighted by Gasteiger charge is -2.12. The van der Waals surface area contributed by atoms with Crippen molar-refractivity contribution in [3.05, 3.63) is 65.9 Å². The van der Waals surface area contributed by atoms with Crippen LogP contribution in [-0.4, -0.2) is 4.98 Å². The van der Waals surface area contributed by atoms with Crippen LogP contribution in [0, 0.1) is 6.92 Å². The number of ether oxygens (including phenoxy) is 1. The van der Waals surface area contributed by atoms with Crippen molar-refractivity contribution in [2.24, 2.45) is 5.73 Å². The van der Waals surface area contributed by atoms with E-state index in [4.69, 9.17) is 10.5 Å². The number of hydrogen-bond acceptors (Lipinski definition) is 3. The molecule has 1 aromatic heterocycles. The van der Waals surface area contributed by atoms with Crippen LogP contribution in [0.5, 0.6) is 11.5 Å².